The van der Waals surface area contributed by atoms with Crippen molar-refractivity contribution in [3.8, 4) is 0 Å². The van der Waals surface area contributed by atoms with E-state index in [0.717, 1.165) is 31.2 Å². The van der Waals surface area contributed by atoms with E-state index in [-0.39, 0.29) is 5.91 Å². The lowest BCUT2D eigenvalue weighted by atomic mass is 10.2. The first-order chi connectivity index (χ1) is 12.9. The van der Waals surface area contributed by atoms with Crippen LogP contribution in [0.3, 0.4) is 0 Å². The second kappa shape index (κ2) is 8.08. The summed E-state index contributed by atoms with van der Waals surface area (Å²) in [4.78, 5) is 23.9. The maximum Gasteiger partial charge on any atom is 0.274 e. The van der Waals surface area contributed by atoms with Crippen LogP contribution in [-0.2, 0) is 9.52 Å². The maximum atomic E-state index is 12.6. The predicted molar refractivity (Wildman–Crippen MR) is 111 cm³/mol. The van der Waals surface area contributed by atoms with Crippen LogP contribution in [-0.4, -0.2) is 45.3 Å². The van der Waals surface area contributed by atoms with Gasteiger partial charge in [-0.15, -0.1) is 0 Å². The average Bonchev–Trinajstić information content (AvgIpc) is 3.45. The number of carbonyl (C=O) groups excluding carboxylic acids is 1. The van der Waals surface area contributed by atoms with Gasteiger partial charge in [-0.1, -0.05) is 6.92 Å². The number of benzene rings is 1. The Morgan fingerprint density at radius 2 is 2.00 bits per heavy atom. The fraction of sp³-hybridized carbons (Fsp3) is 0.400. The molecule has 1 saturated carbocycles. The highest BCUT2D eigenvalue weighted by atomic mass is 32.2. The highest BCUT2D eigenvalue weighted by molar-refractivity contribution is 7.99. The number of nitrogens with zero attached hydrogens (tertiary/aromatic N) is 3. The van der Waals surface area contributed by atoms with Crippen LogP contribution >= 0.6 is 0 Å². The summed E-state index contributed by atoms with van der Waals surface area (Å²) in [5.74, 6) is 4.91. The monoisotopic (exact) mass is 386 g/mol. The van der Waals surface area contributed by atoms with E-state index in [1.807, 2.05) is 0 Å². The lowest BCUT2D eigenvalue weighted by molar-refractivity contribution is 0.102. The van der Waals surface area contributed by atoms with E-state index in [1.54, 1.807) is 36.6 Å². The smallest absolute Gasteiger partial charge is 0.274 e. The SMILES string of the molecule is C=S(C)(=O)c1ccc(NC(=O)c2cc(N(CCC)CC3CC3)ncn2)cc1. The Balaban J connectivity index is 1.72. The Morgan fingerprint density at radius 3 is 2.59 bits per heavy atom. The molecule has 0 bridgehead atoms. The van der Waals surface area contributed by atoms with Crippen LogP contribution in [0, 0.1) is 5.92 Å². The van der Waals surface area contributed by atoms with Crippen molar-refractivity contribution in [3.63, 3.8) is 0 Å². The molecule has 1 aliphatic rings. The summed E-state index contributed by atoms with van der Waals surface area (Å²) in [6.07, 6.45) is 6.60. The molecule has 1 amide bonds. The van der Waals surface area contributed by atoms with Gasteiger partial charge in [0.2, 0.25) is 0 Å². The summed E-state index contributed by atoms with van der Waals surface area (Å²) in [6, 6.07) is 8.63. The molecule has 0 aliphatic heterocycles. The van der Waals surface area contributed by atoms with Crippen molar-refractivity contribution in [2.75, 3.05) is 29.6 Å². The summed E-state index contributed by atoms with van der Waals surface area (Å²) >= 11 is 0. The molecule has 7 heteroatoms. The third-order valence-corrected chi connectivity index (χ3v) is 5.76. The van der Waals surface area contributed by atoms with Crippen molar-refractivity contribution in [2.45, 2.75) is 31.1 Å². The molecule has 0 radical (unpaired) electrons. The predicted octanol–water partition coefficient (Wildman–Crippen LogP) is 3.06. The van der Waals surface area contributed by atoms with Gasteiger partial charge in [0.05, 0.1) is 0 Å². The molecule has 1 aliphatic carbocycles. The van der Waals surface area contributed by atoms with Gasteiger partial charge >= 0.3 is 0 Å². The summed E-state index contributed by atoms with van der Waals surface area (Å²) in [5, 5.41) is 2.83. The van der Waals surface area contributed by atoms with Crippen molar-refractivity contribution in [3.05, 3.63) is 42.4 Å². The van der Waals surface area contributed by atoms with E-state index < -0.39 is 9.52 Å². The van der Waals surface area contributed by atoms with Crippen LogP contribution in [0.4, 0.5) is 11.5 Å². The highest BCUT2D eigenvalue weighted by Gasteiger charge is 2.25. The highest BCUT2D eigenvalue weighted by Crippen LogP contribution is 2.31. The topological polar surface area (TPSA) is 75.2 Å². The largest absolute Gasteiger partial charge is 0.356 e. The van der Waals surface area contributed by atoms with Crippen LogP contribution in [0.2, 0.25) is 0 Å². The average molecular weight is 387 g/mol. The quantitative estimate of drug-likeness (QED) is 0.706. The lowest BCUT2D eigenvalue weighted by Crippen LogP contribution is -2.28. The van der Waals surface area contributed by atoms with Crippen LogP contribution < -0.4 is 10.2 Å². The number of hydrogen-bond donors (Lipinski definition) is 1. The Morgan fingerprint density at radius 1 is 1.30 bits per heavy atom. The van der Waals surface area contributed by atoms with Gasteiger partial charge in [-0.3, -0.25) is 9.00 Å². The third kappa shape index (κ3) is 5.29. The van der Waals surface area contributed by atoms with E-state index in [1.165, 1.54) is 19.2 Å². The number of rotatable bonds is 8. The van der Waals surface area contributed by atoms with Crippen molar-refractivity contribution in [1.82, 2.24) is 9.97 Å². The van der Waals surface area contributed by atoms with Crippen molar-refractivity contribution >= 4 is 32.8 Å². The molecule has 1 aromatic carbocycles. The second-order valence-corrected chi connectivity index (χ2v) is 9.62. The number of amides is 1. The van der Waals surface area contributed by atoms with E-state index in [9.17, 15) is 9.00 Å². The number of aromatic nitrogens is 2. The summed E-state index contributed by atoms with van der Waals surface area (Å²) in [5.41, 5.74) is 0.952. The minimum absolute atomic E-state index is 0.291. The van der Waals surface area contributed by atoms with Crippen molar-refractivity contribution in [2.24, 2.45) is 5.92 Å². The first-order valence-corrected chi connectivity index (χ1v) is 11.3. The molecular formula is C20H26N4O2S. The standard InChI is InChI=1S/C20H26N4O2S/c1-4-11-24(13-15-5-6-15)19-12-18(21-14-22-19)20(25)23-16-7-9-17(10-8-16)27(2,3)26/h7-10,12,14-15H,2,4-6,11,13H2,1,3H3,(H,23,25). The van der Waals surface area contributed by atoms with E-state index in [0.29, 0.717) is 16.3 Å². The van der Waals surface area contributed by atoms with Gasteiger partial charge < -0.3 is 10.2 Å². The van der Waals surface area contributed by atoms with Crippen LogP contribution in [0.5, 0.6) is 0 Å². The molecule has 144 valence electrons. The van der Waals surface area contributed by atoms with Gasteiger partial charge in [-0.05, 0) is 64.8 Å². The molecule has 1 fully saturated rings. The Kier molecular flexibility index (Phi) is 5.79. The molecule has 0 saturated heterocycles. The second-order valence-electron chi connectivity index (χ2n) is 7.13. The Bertz CT molecular complexity index is 906. The summed E-state index contributed by atoms with van der Waals surface area (Å²) < 4.78 is 12.0. The fourth-order valence-electron chi connectivity index (χ4n) is 2.85. The minimum Gasteiger partial charge on any atom is -0.356 e. The fourth-order valence-corrected chi connectivity index (χ4v) is 3.56. The van der Waals surface area contributed by atoms with Gasteiger partial charge in [-0.25, -0.2) is 9.97 Å². The molecule has 27 heavy (non-hydrogen) atoms. The molecule has 1 unspecified atom stereocenters. The van der Waals surface area contributed by atoms with Gasteiger partial charge in [0.1, 0.15) is 17.8 Å². The molecule has 1 N–H and O–H groups in total. The molecule has 1 atom stereocenters. The zero-order chi connectivity index (χ0) is 19.4. The number of carbonyl (C=O) groups is 1. The van der Waals surface area contributed by atoms with E-state index >= 15 is 0 Å². The first-order valence-electron chi connectivity index (χ1n) is 9.17. The van der Waals surface area contributed by atoms with Crippen LogP contribution in [0.15, 0.2) is 41.6 Å². The number of anilines is 2. The van der Waals surface area contributed by atoms with Gasteiger partial charge in [0.15, 0.2) is 0 Å². The molecule has 6 nitrogen and oxygen atoms in total. The summed E-state index contributed by atoms with van der Waals surface area (Å²) in [6.45, 7) is 4.03. The van der Waals surface area contributed by atoms with Gasteiger partial charge in [0, 0.05) is 36.0 Å². The van der Waals surface area contributed by atoms with Gasteiger partial charge in [-0.2, -0.15) is 0 Å². The number of hydrogen-bond acceptors (Lipinski definition) is 5. The van der Waals surface area contributed by atoms with Crippen molar-refractivity contribution < 1.29 is 9.00 Å². The molecule has 1 heterocycles. The molecule has 2 aromatic rings. The normalized spacial score (nSPS) is 15.8. The lowest BCUT2D eigenvalue weighted by Gasteiger charge is -2.23. The van der Waals surface area contributed by atoms with Crippen LogP contribution in [0.1, 0.15) is 36.7 Å². The Hall–Kier alpha value is -2.41. The zero-order valence-corrected chi connectivity index (χ0v) is 16.7. The summed E-state index contributed by atoms with van der Waals surface area (Å²) in [7, 11) is -2.26. The first kappa shape index (κ1) is 19.4. The zero-order valence-electron chi connectivity index (χ0n) is 15.9. The van der Waals surface area contributed by atoms with E-state index in [4.69, 9.17) is 0 Å². The Labute approximate surface area is 161 Å². The third-order valence-electron chi connectivity index (χ3n) is 4.49. The molecule has 3 rings (SSSR count). The number of nitrogens with one attached hydrogen (secondary N) is 1. The minimum atomic E-state index is -2.26. The maximum absolute atomic E-state index is 12.6. The molecular weight excluding hydrogens is 360 g/mol. The van der Waals surface area contributed by atoms with E-state index in [2.05, 4.69) is 33.0 Å². The molecule has 0 spiro atoms. The molecule has 1 aromatic heterocycles. The van der Waals surface area contributed by atoms with Crippen LogP contribution in [0.25, 0.3) is 0 Å². The van der Waals surface area contributed by atoms with Crippen molar-refractivity contribution in [1.29, 1.82) is 0 Å². The van der Waals surface area contributed by atoms with Gasteiger partial charge in [0.25, 0.3) is 5.91 Å².